The molecule has 0 spiro atoms. The number of benzene rings is 3. The smallest absolute Gasteiger partial charge is 0.328 e. The van der Waals surface area contributed by atoms with E-state index in [9.17, 15) is 9.90 Å². The van der Waals surface area contributed by atoms with Crippen molar-refractivity contribution in [2.75, 3.05) is 0 Å². The molecule has 1 fully saturated rings. The van der Waals surface area contributed by atoms with E-state index in [1.54, 1.807) is 12.1 Å². The zero-order valence-corrected chi connectivity index (χ0v) is 15.0. The third kappa shape index (κ3) is 3.44. The maximum absolute atomic E-state index is 12.8. The van der Waals surface area contributed by atoms with E-state index in [-0.39, 0.29) is 11.8 Å². The highest BCUT2D eigenvalue weighted by atomic mass is 16.5. The highest BCUT2D eigenvalue weighted by Crippen LogP contribution is 2.40. The number of hydrogen-bond acceptors (Lipinski definition) is 4. The Morgan fingerprint density at radius 1 is 0.889 bits per heavy atom. The summed E-state index contributed by atoms with van der Waals surface area (Å²) >= 11 is 0. The quantitative estimate of drug-likeness (QED) is 0.682. The second kappa shape index (κ2) is 7.25. The SMILES string of the molecule is Cc1ccc([C@@H]2N[C@@H](c3ccccc3)[C@@H](c3ccccc3)OC2=O)c(O)c1. The number of esters is 1. The van der Waals surface area contributed by atoms with Crippen molar-refractivity contribution >= 4 is 5.97 Å². The van der Waals surface area contributed by atoms with Gasteiger partial charge in [0.1, 0.15) is 17.9 Å². The number of aromatic hydroxyl groups is 1. The van der Waals surface area contributed by atoms with Gasteiger partial charge in [0.05, 0.1) is 6.04 Å². The second-order valence-electron chi connectivity index (χ2n) is 6.82. The molecule has 0 amide bonds. The highest BCUT2D eigenvalue weighted by molar-refractivity contribution is 5.80. The third-order valence-corrected chi connectivity index (χ3v) is 4.91. The van der Waals surface area contributed by atoms with E-state index in [2.05, 4.69) is 5.32 Å². The molecule has 27 heavy (non-hydrogen) atoms. The number of ether oxygens (including phenoxy) is 1. The maximum atomic E-state index is 12.8. The molecule has 0 radical (unpaired) electrons. The fraction of sp³-hybridized carbons (Fsp3) is 0.174. The molecule has 0 aromatic heterocycles. The lowest BCUT2D eigenvalue weighted by Crippen LogP contribution is -2.43. The van der Waals surface area contributed by atoms with Gasteiger partial charge in [0.2, 0.25) is 0 Å². The zero-order chi connectivity index (χ0) is 18.8. The van der Waals surface area contributed by atoms with Gasteiger partial charge in [-0.05, 0) is 29.7 Å². The van der Waals surface area contributed by atoms with E-state index >= 15 is 0 Å². The molecule has 3 atom stereocenters. The first-order valence-electron chi connectivity index (χ1n) is 8.99. The molecule has 1 aliphatic heterocycles. The van der Waals surface area contributed by atoms with E-state index in [4.69, 9.17) is 4.74 Å². The first-order valence-corrected chi connectivity index (χ1v) is 8.99. The summed E-state index contributed by atoms with van der Waals surface area (Å²) in [5.41, 5.74) is 3.41. The number of phenols is 1. The normalized spacial score (nSPS) is 22.3. The standard InChI is InChI=1S/C23H21NO3/c1-15-12-13-18(19(25)14-15)21-23(26)27-22(17-10-6-3-7-11-17)20(24-21)16-8-4-2-5-9-16/h2-14,20-22,24-25H,1H3/t20-,21-,22+/m0/s1. The molecule has 4 nitrogen and oxygen atoms in total. The molecule has 0 unspecified atom stereocenters. The molecule has 0 saturated carbocycles. The van der Waals surface area contributed by atoms with Crippen molar-refractivity contribution in [2.24, 2.45) is 0 Å². The Kier molecular flexibility index (Phi) is 4.65. The Bertz CT molecular complexity index is 940. The van der Waals surface area contributed by atoms with Crippen LogP contribution in [0.5, 0.6) is 5.75 Å². The van der Waals surface area contributed by atoms with Crippen LogP contribution >= 0.6 is 0 Å². The zero-order valence-electron chi connectivity index (χ0n) is 15.0. The van der Waals surface area contributed by atoms with Crippen LogP contribution < -0.4 is 5.32 Å². The number of morpholine rings is 1. The average Bonchev–Trinajstić information content (AvgIpc) is 2.70. The Hall–Kier alpha value is -3.11. The maximum Gasteiger partial charge on any atom is 0.328 e. The van der Waals surface area contributed by atoms with Crippen LogP contribution in [0.25, 0.3) is 0 Å². The van der Waals surface area contributed by atoms with Gasteiger partial charge >= 0.3 is 5.97 Å². The van der Waals surface area contributed by atoms with Crippen molar-refractivity contribution in [2.45, 2.75) is 25.1 Å². The van der Waals surface area contributed by atoms with Crippen molar-refractivity contribution in [1.29, 1.82) is 0 Å². The van der Waals surface area contributed by atoms with Gasteiger partial charge in [-0.3, -0.25) is 5.32 Å². The molecule has 3 aromatic carbocycles. The summed E-state index contributed by atoms with van der Waals surface area (Å²) in [6.07, 6.45) is -0.440. The first-order chi connectivity index (χ1) is 13.1. The van der Waals surface area contributed by atoms with E-state index in [1.807, 2.05) is 73.7 Å². The van der Waals surface area contributed by atoms with E-state index < -0.39 is 18.1 Å². The van der Waals surface area contributed by atoms with Crippen LogP contribution in [0, 0.1) is 6.92 Å². The molecule has 3 aromatic rings. The molecular weight excluding hydrogens is 338 g/mol. The average molecular weight is 359 g/mol. The van der Waals surface area contributed by atoms with Crippen molar-refractivity contribution in [1.82, 2.24) is 5.32 Å². The van der Waals surface area contributed by atoms with Crippen LogP contribution in [-0.4, -0.2) is 11.1 Å². The van der Waals surface area contributed by atoms with Gasteiger partial charge in [-0.15, -0.1) is 0 Å². The predicted octanol–water partition coefficient (Wildman–Crippen LogP) is 4.37. The van der Waals surface area contributed by atoms with Crippen LogP contribution in [0.15, 0.2) is 78.9 Å². The lowest BCUT2D eigenvalue weighted by Gasteiger charge is -2.37. The summed E-state index contributed by atoms with van der Waals surface area (Å²) in [5, 5.41) is 13.8. The molecule has 1 saturated heterocycles. The lowest BCUT2D eigenvalue weighted by molar-refractivity contribution is -0.161. The Morgan fingerprint density at radius 3 is 2.15 bits per heavy atom. The molecule has 1 heterocycles. The summed E-state index contributed by atoms with van der Waals surface area (Å²) in [5.74, 6) is -0.301. The van der Waals surface area contributed by atoms with Crippen molar-refractivity contribution in [3.05, 3.63) is 101 Å². The van der Waals surface area contributed by atoms with E-state index in [0.717, 1.165) is 16.7 Å². The van der Waals surface area contributed by atoms with Crippen molar-refractivity contribution in [3.63, 3.8) is 0 Å². The number of carbonyl (C=O) groups is 1. The minimum atomic E-state index is -0.726. The van der Waals surface area contributed by atoms with Crippen LogP contribution in [0.3, 0.4) is 0 Å². The van der Waals surface area contributed by atoms with Gasteiger partial charge in [-0.25, -0.2) is 4.79 Å². The number of aryl methyl sites for hydroxylation is 1. The van der Waals surface area contributed by atoms with E-state index in [1.165, 1.54) is 0 Å². The molecule has 0 aliphatic carbocycles. The van der Waals surface area contributed by atoms with Crippen LogP contribution in [0.4, 0.5) is 0 Å². The molecule has 4 rings (SSSR count). The summed E-state index contributed by atoms with van der Waals surface area (Å²) in [7, 11) is 0. The highest BCUT2D eigenvalue weighted by Gasteiger charge is 2.40. The summed E-state index contributed by atoms with van der Waals surface area (Å²) in [6, 6.07) is 24.0. The Labute approximate surface area is 158 Å². The monoisotopic (exact) mass is 359 g/mol. The number of hydrogen-bond donors (Lipinski definition) is 2. The summed E-state index contributed by atoms with van der Waals surface area (Å²) in [4.78, 5) is 12.8. The minimum absolute atomic E-state index is 0.0921. The Balaban J connectivity index is 1.74. The van der Waals surface area contributed by atoms with Crippen LogP contribution in [-0.2, 0) is 9.53 Å². The minimum Gasteiger partial charge on any atom is -0.508 e. The molecule has 4 heteroatoms. The number of rotatable bonds is 3. The fourth-order valence-electron chi connectivity index (χ4n) is 3.55. The van der Waals surface area contributed by atoms with Gasteiger partial charge in [-0.1, -0.05) is 72.8 Å². The third-order valence-electron chi connectivity index (χ3n) is 4.91. The first kappa shape index (κ1) is 17.3. The van der Waals surface area contributed by atoms with Gasteiger partial charge in [0.25, 0.3) is 0 Å². The predicted molar refractivity (Wildman–Crippen MR) is 103 cm³/mol. The second-order valence-corrected chi connectivity index (χ2v) is 6.82. The number of phenolic OH excluding ortho intramolecular Hbond substituents is 1. The number of cyclic esters (lactones) is 1. The summed E-state index contributed by atoms with van der Waals surface area (Å²) in [6.45, 7) is 1.90. The van der Waals surface area contributed by atoms with Crippen LogP contribution in [0.2, 0.25) is 0 Å². The van der Waals surface area contributed by atoms with Crippen molar-refractivity contribution in [3.8, 4) is 5.75 Å². The summed E-state index contributed by atoms with van der Waals surface area (Å²) < 4.78 is 5.88. The molecule has 136 valence electrons. The van der Waals surface area contributed by atoms with Gasteiger partial charge < -0.3 is 9.84 Å². The molecular formula is C23H21NO3. The fourth-order valence-corrected chi connectivity index (χ4v) is 3.55. The number of carbonyl (C=O) groups excluding carboxylic acids is 1. The molecule has 1 aliphatic rings. The topological polar surface area (TPSA) is 58.6 Å². The van der Waals surface area contributed by atoms with Gasteiger partial charge in [0, 0.05) is 5.56 Å². The van der Waals surface area contributed by atoms with Crippen molar-refractivity contribution < 1.29 is 14.6 Å². The van der Waals surface area contributed by atoms with Gasteiger partial charge in [0.15, 0.2) is 0 Å². The van der Waals surface area contributed by atoms with Crippen LogP contribution in [0.1, 0.15) is 40.4 Å². The molecule has 2 N–H and O–H groups in total. The van der Waals surface area contributed by atoms with Gasteiger partial charge in [-0.2, -0.15) is 0 Å². The van der Waals surface area contributed by atoms with E-state index in [0.29, 0.717) is 5.56 Å². The Morgan fingerprint density at radius 2 is 1.52 bits per heavy atom. The largest absolute Gasteiger partial charge is 0.508 e. The molecule has 0 bridgehead atoms. The number of nitrogens with one attached hydrogen (secondary N) is 1. The lowest BCUT2D eigenvalue weighted by atomic mass is 9.91.